The van der Waals surface area contributed by atoms with Gasteiger partial charge in [-0.05, 0) is 47.6 Å². The van der Waals surface area contributed by atoms with Crippen molar-refractivity contribution in [3.63, 3.8) is 0 Å². The average Bonchev–Trinajstić information content (AvgIpc) is 2.87. The molecule has 2 aliphatic rings. The van der Waals surface area contributed by atoms with Gasteiger partial charge in [0.2, 0.25) is 0 Å². The molecule has 0 aromatic heterocycles. The van der Waals surface area contributed by atoms with Crippen molar-refractivity contribution in [1.29, 1.82) is 0 Å². The van der Waals surface area contributed by atoms with Crippen LogP contribution in [0, 0.1) is 22.2 Å². The second-order valence-corrected chi connectivity index (χ2v) is 12.2. The van der Waals surface area contributed by atoms with E-state index in [1.807, 2.05) is 60.6 Å². The second kappa shape index (κ2) is 12.0. The van der Waals surface area contributed by atoms with Crippen LogP contribution in [0.1, 0.15) is 54.0 Å². The lowest BCUT2D eigenvalue weighted by atomic mass is 9.55. The van der Waals surface area contributed by atoms with E-state index >= 15 is 0 Å². The number of hydrogen-bond donors (Lipinski definition) is 2. The monoisotopic (exact) mass is 542 g/mol. The minimum atomic E-state index is -1.02. The Labute approximate surface area is 231 Å². The Bertz CT molecular complexity index is 1100. The molecular weight excluding hydrogens is 500 g/mol. The molecule has 0 saturated heterocycles. The molecule has 0 spiro atoms. The van der Waals surface area contributed by atoms with Gasteiger partial charge in [0.1, 0.15) is 43.5 Å². The maximum Gasteiger partial charge on any atom is 0.339 e. The standard InChI is InChI=1S/C31H42O8/c1-29(2,3)31(7,30(4,5)6)28(35)38-19-22(33)18-37-24-13-10-21-16-25(27(34)39-26(21)17-24)20-8-11-23(12-9-20)36-15-14-32/h8-13,16-17,21-22,26,32-33H,14-15,18-19H2,1-7H3. The van der Waals surface area contributed by atoms with Gasteiger partial charge < -0.3 is 29.2 Å². The first-order chi connectivity index (χ1) is 18.2. The van der Waals surface area contributed by atoms with Gasteiger partial charge in [0.25, 0.3) is 0 Å². The Morgan fingerprint density at radius 2 is 1.62 bits per heavy atom. The Balaban J connectivity index is 1.56. The molecule has 3 unspecified atom stereocenters. The van der Waals surface area contributed by atoms with Crippen molar-refractivity contribution in [2.75, 3.05) is 26.4 Å². The Morgan fingerprint density at radius 1 is 0.974 bits per heavy atom. The smallest absolute Gasteiger partial charge is 0.339 e. The number of aliphatic hydroxyl groups excluding tert-OH is 2. The van der Waals surface area contributed by atoms with Crippen molar-refractivity contribution in [3.05, 3.63) is 59.9 Å². The molecule has 0 radical (unpaired) electrons. The summed E-state index contributed by atoms with van der Waals surface area (Å²) < 4.78 is 22.3. The predicted molar refractivity (Wildman–Crippen MR) is 148 cm³/mol. The second-order valence-electron chi connectivity index (χ2n) is 12.2. The quantitative estimate of drug-likeness (QED) is 0.417. The summed E-state index contributed by atoms with van der Waals surface area (Å²) in [7, 11) is 0. The minimum Gasteiger partial charge on any atom is -0.491 e. The van der Waals surface area contributed by atoms with Gasteiger partial charge in [-0.3, -0.25) is 4.79 Å². The summed E-state index contributed by atoms with van der Waals surface area (Å²) >= 11 is 0. The van der Waals surface area contributed by atoms with Crippen LogP contribution in [0.4, 0.5) is 0 Å². The first kappa shape index (κ1) is 30.4. The number of carbonyl (C=O) groups is 2. The van der Waals surface area contributed by atoms with Crippen molar-refractivity contribution in [2.45, 2.75) is 60.7 Å². The highest BCUT2D eigenvalue weighted by molar-refractivity contribution is 6.17. The lowest BCUT2D eigenvalue weighted by Gasteiger charge is -2.48. The molecule has 1 heterocycles. The maximum absolute atomic E-state index is 13.1. The lowest BCUT2D eigenvalue weighted by Crippen LogP contribution is -2.51. The summed E-state index contributed by atoms with van der Waals surface area (Å²) in [6.07, 6.45) is 5.68. The van der Waals surface area contributed by atoms with Gasteiger partial charge in [-0.25, -0.2) is 4.79 Å². The first-order valence-electron chi connectivity index (χ1n) is 13.3. The number of hydrogen-bond acceptors (Lipinski definition) is 8. The molecule has 1 aromatic rings. The highest BCUT2D eigenvalue weighted by Gasteiger charge is 2.53. The van der Waals surface area contributed by atoms with E-state index in [1.165, 1.54) is 0 Å². The van der Waals surface area contributed by atoms with Crippen LogP contribution in [0.15, 0.2) is 54.3 Å². The molecule has 8 heteroatoms. The molecule has 1 aliphatic carbocycles. The van der Waals surface area contributed by atoms with Crippen LogP contribution in [0.25, 0.3) is 5.57 Å². The minimum absolute atomic E-state index is 0.0748. The molecule has 3 atom stereocenters. The molecule has 8 nitrogen and oxygen atoms in total. The van der Waals surface area contributed by atoms with Crippen molar-refractivity contribution in [2.24, 2.45) is 22.2 Å². The number of carbonyl (C=O) groups excluding carboxylic acids is 2. The van der Waals surface area contributed by atoms with Gasteiger partial charge in [0.05, 0.1) is 17.6 Å². The number of fused-ring (bicyclic) bond motifs is 1. The number of rotatable bonds is 10. The summed E-state index contributed by atoms with van der Waals surface area (Å²) in [5, 5.41) is 19.3. The fraction of sp³-hybridized carbons (Fsp3) is 0.548. The summed E-state index contributed by atoms with van der Waals surface area (Å²) in [6.45, 7) is 13.8. The molecular formula is C31H42O8. The number of esters is 2. The SMILES string of the molecule is CC(C)(C)C(C)(C(=O)OCC(O)COC1=CC2OC(=O)C(c3ccc(OCCO)cc3)=CC2C=C1)C(C)(C)C. The van der Waals surface area contributed by atoms with Gasteiger partial charge in [-0.1, -0.05) is 65.8 Å². The zero-order chi connectivity index (χ0) is 29.0. The van der Waals surface area contributed by atoms with Crippen molar-refractivity contribution >= 4 is 17.5 Å². The molecule has 1 aromatic carbocycles. The van der Waals surface area contributed by atoms with Crippen LogP contribution in [0.2, 0.25) is 0 Å². The normalized spacial score (nSPS) is 20.3. The number of ether oxygens (including phenoxy) is 4. The highest BCUT2D eigenvalue weighted by atomic mass is 16.6. The fourth-order valence-electron chi connectivity index (χ4n) is 4.85. The molecule has 3 rings (SSSR count). The van der Waals surface area contributed by atoms with Gasteiger partial charge in [-0.15, -0.1) is 0 Å². The summed E-state index contributed by atoms with van der Waals surface area (Å²) in [5.41, 5.74) is -0.288. The van der Waals surface area contributed by atoms with Crippen LogP contribution in [-0.4, -0.2) is 60.8 Å². The topological polar surface area (TPSA) is 112 Å². The van der Waals surface area contributed by atoms with Gasteiger partial charge >= 0.3 is 11.9 Å². The van der Waals surface area contributed by atoms with E-state index in [1.54, 1.807) is 36.4 Å². The van der Waals surface area contributed by atoms with Gasteiger partial charge in [0, 0.05) is 5.92 Å². The third-order valence-corrected chi connectivity index (χ3v) is 7.80. The van der Waals surface area contributed by atoms with E-state index in [2.05, 4.69) is 0 Å². The van der Waals surface area contributed by atoms with Crippen LogP contribution >= 0.6 is 0 Å². The van der Waals surface area contributed by atoms with Crippen LogP contribution in [0.5, 0.6) is 5.75 Å². The molecule has 0 fully saturated rings. The summed E-state index contributed by atoms with van der Waals surface area (Å²) in [4.78, 5) is 25.8. The number of aliphatic hydroxyl groups is 2. The van der Waals surface area contributed by atoms with Crippen LogP contribution in [0.3, 0.4) is 0 Å². The molecule has 214 valence electrons. The van der Waals surface area contributed by atoms with E-state index in [9.17, 15) is 14.7 Å². The third kappa shape index (κ3) is 6.92. The zero-order valence-electron chi connectivity index (χ0n) is 24.0. The number of benzene rings is 1. The average molecular weight is 543 g/mol. The highest BCUT2D eigenvalue weighted by Crippen LogP contribution is 2.52. The molecule has 2 N–H and O–H groups in total. The van der Waals surface area contributed by atoms with Crippen molar-refractivity contribution in [3.8, 4) is 5.75 Å². The van der Waals surface area contributed by atoms with Crippen molar-refractivity contribution < 1.29 is 38.7 Å². The van der Waals surface area contributed by atoms with Crippen molar-refractivity contribution in [1.82, 2.24) is 0 Å². The van der Waals surface area contributed by atoms with E-state index in [0.717, 1.165) is 0 Å². The Kier molecular flexibility index (Phi) is 9.34. The molecule has 0 saturated carbocycles. The first-order valence-corrected chi connectivity index (χ1v) is 13.3. The van der Waals surface area contributed by atoms with E-state index in [-0.39, 0.29) is 49.1 Å². The molecule has 0 amide bonds. The maximum atomic E-state index is 13.1. The van der Waals surface area contributed by atoms with E-state index < -0.39 is 23.6 Å². The largest absolute Gasteiger partial charge is 0.491 e. The van der Waals surface area contributed by atoms with Gasteiger partial charge in [-0.2, -0.15) is 0 Å². The number of allylic oxidation sites excluding steroid dienone is 1. The molecule has 39 heavy (non-hydrogen) atoms. The van der Waals surface area contributed by atoms with Gasteiger partial charge in [0.15, 0.2) is 0 Å². The fourth-order valence-corrected chi connectivity index (χ4v) is 4.85. The molecule has 1 aliphatic heterocycles. The van der Waals surface area contributed by atoms with E-state index in [0.29, 0.717) is 22.6 Å². The van der Waals surface area contributed by atoms with E-state index in [4.69, 9.17) is 24.1 Å². The van der Waals surface area contributed by atoms with Crippen LogP contribution < -0.4 is 4.74 Å². The lowest BCUT2D eigenvalue weighted by molar-refractivity contribution is -0.176. The summed E-state index contributed by atoms with van der Waals surface area (Å²) in [6, 6.07) is 7.03. The summed E-state index contributed by atoms with van der Waals surface area (Å²) in [5.74, 6) is 0.107. The zero-order valence-corrected chi connectivity index (χ0v) is 24.0. The molecule has 0 bridgehead atoms. The predicted octanol–water partition coefficient (Wildman–Crippen LogP) is 4.46. The Morgan fingerprint density at radius 3 is 2.21 bits per heavy atom. The third-order valence-electron chi connectivity index (χ3n) is 7.80. The Hall–Kier alpha value is -3.10. The van der Waals surface area contributed by atoms with Crippen LogP contribution in [-0.2, 0) is 23.8 Å².